The molecule has 0 radical (unpaired) electrons. The molecule has 5 nitrogen and oxygen atoms in total. The second kappa shape index (κ2) is 8.29. The highest BCUT2D eigenvalue weighted by Gasteiger charge is 2.18. The van der Waals surface area contributed by atoms with Crippen LogP contribution >= 0.6 is 11.3 Å². The largest absolute Gasteiger partial charge is 0.349 e. The van der Waals surface area contributed by atoms with Gasteiger partial charge in [-0.25, -0.2) is 4.98 Å². The number of carbonyl (C=O) groups excluding carboxylic acids is 2. The summed E-state index contributed by atoms with van der Waals surface area (Å²) in [6.45, 7) is 2.32. The van der Waals surface area contributed by atoms with Gasteiger partial charge in [0.05, 0.1) is 30.2 Å². The van der Waals surface area contributed by atoms with Crippen molar-refractivity contribution < 1.29 is 9.59 Å². The fourth-order valence-electron chi connectivity index (χ4n) is 2.12. The van der Waals surface area contributed by atoms with E-state index in [9.17, 15) is 9.59 Å². The van der Waals surface area contributed by atoms with Gasteiger partial charge in [0.1, 0.15) is 0 Å². The Morgan fingerprint density at radius 3 is 2.64 bits per heavy atom. The van der Waals surface area contributed by atoms with Crippen LogP contribution in [0.4, 0.5) is 0 Å². The molecule has 0 aliphatic heterocycles. The average Bonchev–Trinajstić information content (AvgIpc) is 3.06. The third-order valence-corrected chi connectivity index (χ3v) is 3.94. The Labute approximate surface area is 133 Å². The summed E-state index contributed by atoms with van der Waals surface area (Å²) in [6, 6.07) is 9.59. The zero-order valence-corrected chi connectivity index (χ0v) is 13.2. The summed E-state index contributed by atoms with van der Waals surface area (Å²) in [5.41, 5.74) is 3.50. The van der Waals surface area contributed by atoms with Gasteiger partial charge in [-0.15, -0.1) is 11.3 Å². The monoisotopic (exact) mass is 317 g/mol. The van der Waals surface area contributed by atoms with E-state index in [1.54, 1.807) is 5.51 Å². The minimum atomic E-state index is -0.229. The SMILES string of the molecule is CC[C@H](C(=O)NCC(=O)NCc1cscn1)c1ccccc1. The first-order chi connectivity index (χ1) is 10.7. The van der Waals surface area contributed by atoms with Crippen LogP contribution in [0, 0.1) is 0 Å². The Balaban J connectivity index is 1.79. The van der Waals surface area contributed by atoms with Gasteiger partial charge < -0.3 is 10.6 Å². The number of thiazole rings is 1. The van der Waals surface area contributed by atoms with Crippen molar-refractivity contribution in [2.24, 2.45) is 0 Å². The van der Waals surface area contributed by atoms with Crippen molar-refractivity contribution in [3.05, 3.63) is 52.5 Å². The van der Waals surface area contributed by atoms with Crippen molar-refractivity contribution in [1.29, 1.82) is 0 Å². The maximum Gasteiger partial charge on any atom is 0.239 e. The zero-order chi connectivity index (χ0) is 15.8. The lowest BCUT2D eigenvalue weighted by Gasteiger charge is -2.15. The fraction of sp³-hybridized carbons (Fsp3) is 0.312. The Bertz CT molecular complexity index is 599. The molecule has 0 aliphatic carbocycles. The van der Waals surface area contributed by atoms with E-state index in [-0.39, 0.29) is 24.3 Å². The second-order valence-electron chi connectivity index (χ2n) is 4.85. The molecule has 116 valence electrons. The number of rotatable bonds is 7. The predicted molar refractivity (Wildman–Crippen MR) is 86.4 cm³/mol. The van der Waals surface area contributed by atoms with Gasteiger partial charge in [0.15, 0.2) is 0 Å². The highest BCUT2D eigenvalue weighted by Crippen LogP contribution is 2.18. The van der Waals surface area contributed by atoms with Crippen molar-refractivity contribution >= 4 is 23.2 Å². The third kappa shape index (κ3) is 4.66. The lowest BCUT2D eigenvalue weighted by molar-refractivity contribution is -0.127. The van der Waals surface area contributed by atoms with Gasteiger partial charge in [0, 0.05) is 5.38 Å². The van der Waals surface area contributed by atoms with Gasteiger partial charge in [-0.3, -0.25) is 9.59 Å². The summed E-state index contributed by atoms with van der Waals surface area (Å²) in [7, 11) is 0. The van der Waals surface area contributed by atoms with Crippen LogP contribution < -0.4 is 10.6 Å². The van der Waals surface area contributed by atoms with Gasteiger partial charge in [-0.1, -0.05) is 37.3 Å². The molecule has 0 fully saturated rings. The Kier molecular flexibility index (Phi) is 6.09. The van der Waals surface area contributed by atoms with Crippen LogP contribution in [0.5, 0.6) is 0 Å². The number of nitrogens with one attached hydrogen (secondary N) is 2. The number of nitrogens with zero attached hydrogens (tertiary/aromatic N) is 1. The van der Waals surface area contributed by atoms with Gasteiger partial charge >= 0.3 is 0 Å². The molecule has 0 unspecified atom stereocenters. The molecule has 0 saturated carbocycles. The summed E-state index contributed by atoms with van der Waals surface area (Å²) in [4.78, 5) is 28.0. The maximum absolute atomic E-state index is 12.2. The molecule has 1 aromatic heterocycles. The lowest BCUT2D eigenvalue weighted by Crippen LogP contribution is -2.38. The normalized spacial score (nSPS) is 11.7. The van der Waals surface area contributed by atoms with E-state index >= 15 is 0 Å². The van der Waals surface area contributed by atoms with E-state index in [1.807, 2.05) is 42.6 Å². The van der Waals surface area contributed by atoms with Crippen LogP contribution in [0.1, 0.15) is 30.5 Å². The van der Waals surface area contributed by atoms with E-state index in [0.29, 0.717) is 13.0 Å². The van der Waals surface area contributed by atoms with E-state index in [2.05, 4.69) is 15.6 Å². The molecule has 1 atom stereocenters. The first-order valence-electron chi connectivity index (χ1n) is 7.17. The van der Waals surface area contributed by atoms with Crippen LogP contribution in [0.25, 0.3) is 0 Å². The summed E-state index contributed by atoms with van der Waals surface area (Å²) in [5.74, 6) is -0.575. The summed E-state index contributed by atoms with van der Waals surface area (Å²) in [5, 5.41) is 7.30. The number of carbonyl (C=O) groups is 2. The summed E-state index contributed by atoms with van der Waals surface area (Å²) < 4.78 is 0. The first-order valence-corrected chi connectivity index (χ1v) is 8.11. The molecule has 2 aromatic rings. The topological polar surface area (TPSA) is 71.1 Å². The molecule has 2 rings (SSSR count). The van der Waals surface area contributed by atoms with E-state index in [0.717, 1.165) is 11.3 Å². The molecule has 0 bridgehead atoms. The molecule has 6 heteroatoms. The number of aromatic nitrogens is 1. The Hall–Kier alpha value is -2.21. The second-order valence-corrected chi connectivity index (χ2v) is 5.56. The molecule has 22 heavy (non-hydrogen) atoms. The van der Waals surface area contributed by atoms with Crippen molar-refractivity contribution in [2.45, 2.75) is 25.8 Å². The molecular formula is C16H19N3O2S. The number of hydrogen-bond acceptors (Lipinski definition) is 4. The van der Waals surface area contributed by atoms with Crippen molar-refractivity contribution in [3.63, 3.8) is 0 Å². The van der Waals surface area contributed by atoms with Gasteiger partial charge in [0.25, 0.3) is 0 Å². The van der Waals surface area contributed by atoms with Gasteiger partial charge in [-0.05, 0) is 12.0 Å². The van der Waals surface area contributed by atoms with E-state index in [4.69, 9.17) is 0 Å². The number of hydrogen-bond donors (Lipinski definition) is 2. The highest BCUT2D eigenvalue weighted by atomic mass is 32.1. The third-order valence-electron chi connectivity index (χ3n) is 3.30. The highest BCUT2D eigenvalue weighted by molar-refractivity contribution is 7.07. The maximum atomic E-state index is 12.2. The van der Waals surface area contributed by atoms with E-state index in [1.165, 1.54) is 11.3 Å². The smallest absolute Gasteiger partial charge is 0.239 e. The molecule has 0 spiro atoms. The predicted octanol–water partition coefficient (Wildman–Crippen LogP) is 2.07. The van der Waals surface area contributed by atoms with E-state index < -0.39 is 0 Å². The van der Waals surface area contributed by atoms with Crippen molar-refractivity contribution in [3.8, 4) is 0 Å². The average molecular weight is 317 g/mol. The first kappa shape index (κ1) is 16.2. The fourth-order valence-corrected chi connectivity index (χ4v) is 2.68. The molecule has 2 amide bonds. The molecular weight excluding hydrogens is 298 g/mol. The summed E-state index contributed by atoms with van der Waals surface area (Å²) in [6.07, 6.45) is 0.691. The van der Waals surface area contributed by atoms with Gasteiger partial charge in [0.2, 0.25) is 11.8 Å². The lowest BCUT2D eigenvalue weighted by atomic mass is 9.96. The standard InChI is InChI=1S/C16H19N3O2S/c1-2-14(12-6-4-3-5-7-12)16(21)18-9-15(20)17-8-13-10-22-11-19-13/h3-7,10-11,14H,2,8-9H2,1H3,(H,17,20)(H,18,21)/t14-/m0/s1. The molecule has 0 saturated heterocycles. The van der Waals surface area contributed by atoms with Crippen molar-refractivity contribution in [1.82, 2.24) is 15.6 Å². The number of benzene rings is 1. The van der Waals surface area contributed by atoms with Crippen LogP contribution in [-0.2, 0) is 16.1 Å². The van der Waals surface area contributed by atoms with Crippen LogP contribution in [0.3, 0.4) is 0 Å². The number of amides is 2. The zero-order valence-electron chi connectivity index (χ0n) is 12.4. The molecule has 1 heterocycles. The van der Waals surface area contributed by atoms with Crippen LogP contribution in [-0.4, -0.2) is 23.3 Å². The Morgan fingerprint density at radius 2 is 2.00 bits per heavy atom. The molecule has 2 N–H and O–H groups in total. The Morgan fingerprint density at radius 1 is 1.23 bits per heavy atom. The van der Waals surface area contributed by atoms with Crippen molar-refractivity contribution in [2.75, 3.05) is 6.54 Å². The van der Waals surface area contributed by atoms with Gasteiger partial charge in [-0.2, -0.15) is 0 Å². The quantitative estimate of drug-likeness (QED) is 0.821. The molecule has 0 aliphatic rings. The van der Waals surface area contributed by atoms with Crippen LogP contribution in [0.15, 0.2) is 41.2 Å². The summed E-state index contributed by atoms with van der Waals surface area (Å²) >= 11 is 1.48. The minimum Gasteiger partial charge on any atom is -0.349 e. The minimum absolute atomic E-state index is 0.0215. The van der Waals surface area contributed by atoms with Crippen LogP contribution in [0.2, 0.25) is 0 Å². The molecule has 1 aromatic carbocycles.